The number of benzene rings is 2. The second kappa shape index (κ2) is 5.79. The quantitative estimate of drug-likeness (QED) is 0.784. The molecule has 2 aromatic carbocycles. The standard InChI is InChI=1S/C16H14BrN3O/c1-10-7-8-12(9-13(10)17)15-19-16(21-20-15)14(18)11-5-3-2-4-6-11/h2-9,14H,18H2,1H3. The molecule has 0 fully saturated rings. The molecule has 21 heavy (non-hydrogen) atoms. The summed E-state index contributed by atoms with van der Waals surface area (Å²) >= 11 is 3.50. The maximum atomic E-state index is 6.16. The van der Waals surface area contributed by atoms with Crippen LogP contribution in [0.15, 0.2) is 57.5 Å². The van der Waals surface area contributed by atoms with Crippen LogP contribution in [0, 0.1) is 6.92 Å². The van der Waals surface area contributed by atoms with Crippen LogP contribution in [0.5, 0.6) is 0 Å². The average molecular weight is 344 g/mol. The fraction of sp³-hybridized carbons (Fsp3) is 0.125. The summed E-state index contributed by atoms with van der Waals surface area (Å²) in [7, 11) is 0. The molecule has 4 nitrogen and oxygen atoms in total. The molecule has 3 rings (SSSR count). The zero-order valence-electron chi connectivity index (χ0n) is 11.5. The lowest BCUT2D eigenvalue weighted by molar-refractivity contribution is 0.367. The van der Waals surface area contributed by atoms with Crippen molar-refractivity contribution in [2.75, 3.05) is 0 Å². The number of aryl methyl sites for hydroxylation is 1. The average Bonchev–Trinajstić information content (AvgIpc) is 3.00. The third-order valence-electron chi connectivity index (χ3n) is 3.30. The number of nitrogens with zero attached hydrogens (tertiary/aromatic N) is 2. The Morgan fingerprint density at radius 1 is 1.14 bits per heavy atom. The lowest BCUT2D eigenvalue weighted by atomic mass is 10.1. The Morgan fingerprint density at radius 3 is 2.62 bits per heavy atom. The number of halogens is 1. The van der Waals surface area contributed by atoms with Crippen molar-refractivity contribution in [3.05, 3.63) is 70.0 Å². The van der Waals surface area contributed by atoms with Crippen LogP contribution in [-0.2, 0) is 0 Å². The van der Waals surface area contributed by atoms with E-state index < -0.39 is 6.04 Å². The smallest absolute Gasteiger partial charge is 0.248 e. The molecule has 1 aromatic heterocycles. The van der Waals surface area contributed by atoms with Crippen molar-refractivity contribution in [3.63, 3.8) is 0 Å². The first-order chi connectivity index (χ1) is 10.1. The molecule has 0 aliphatic heterocycles. The number of hydrogen-bond donors (Lipinski definition) is 1. The van der Waals surface area contributed by atoms with E-state index in [1.165, 1.54) is 0 Å². The Labute approximate surface area is 131 Å². The Hall–Kier alpha value is -1.98. The van der Waals surface area contributed by atoms with E-state index in [1.54, 1.807) is 0 Å². The van der Waals surface area contributed by atoms with E-state index in [4.69, 9.17) is 10.3 Å². The fourth-order valence-electron chi connectivity index (χ4n) is 2.01. The van der Waals surface area contributed by atoms with Gasteiger partial charge in [-0.15, -0.1) is 0 Å². The first-order valence-corrected chi connectivity index (χ1v) is 7.35. The molecule has 0 bridgehead atoms. The van der Waals surface area contributed by atoms with E-state index in [2.05, 4.69) is 26.1 Å². The molecule has 1 unspecified atom stereocenters. The largest absolute Gasteiger partial charge is 0.337 e. The number of rotatable bonds is 3. The highest BCUT2D eigenvalue weighted by atomic mass is 79.9. The third kappa shape index (κ3) is 2.89. The monoisotopic (exact) mass is 343 g/mol. The Kier molecular flexibility index (Phi) is 3.86. The van der Waals surface area contributed by atoms with E-state index in [9.17, 15) is 0 Å². The molecule has 0 saturated heterocycles. The fourth-order valence-corrected chi connectivity index (χ4v) is 2.39. The van der Waals surface area contributed by atoms with Gasteiger partial charge >= 0.3 is 0 Å². The molecule has 0 aliphatic carbocycles. The van der Waals surface area contributed by atoms with Gasteiger partial charge in [-0.1, -0.05) is 63.6 Å². The molecule has 3 aromatic rings. The summed E-state index contributed by atoms with van der Waals surface area (Å²) in [4.78, 5) is 4.40. The minimum absolute atomic E-state index is 0.410. The summed E-state index contributed by atoms with van der Waals surface area (Å²) in [5.74, 6) is 0.949. The normalized spacial score (nSPS) is 12.3. The predicted molar refractivity (Wildman–Crippen MR) is 84.6 cm³/mol. The van der Waals surface area contributed by atoms with Crippen molar-refractivity contribution in [2.24, 2.45) is 5.73 Å². The molecule has 5 heteroatoms. The molecule has 1 atom stereocenters. The van der Waals surface area contributed by atoms with Gasteiger partial charge in [0.15, 0.2) is 0 Å². The lowest BCUT2D eigenvalue weighted by Gasteiger charge is -2.05. The summed E-state index contributed by atoms with van der Waals surface area (Å²) in [6, 6.07) is 15.2. The van der Waals surface area contributed by atoms with Crippen molar-refractivity contribution in [3.8, 4) is 11.4 Å². The molecular weight excluding hydrogens is 330 g/mol. The summed E-state index contributed by atoms with van der Waals surface area (Å²) < 4.78 is 6.32. The Balaban J connectivity index is 1.91. The summed E-state index contributed by atoms with van der Waals surface area (Å²) in [5, 5.41) is 4.02. The first-order valence-electron chi connectivity index (χ1n) is 6.56. The van der Waals surface area contributed by atoms with Gasteiger partial charge in [-0.2, -0.15) is 4.98 Å². The van der Waals surface area contributed by atoms with Gasteiger partial charge < -0.3 is 10.3 Å². The minimum atomic E-state index is -0.415. The molecular formula is C16H14BrN3O. The van der Waals surface area contributed by atoms with Crippen LogP contribution in [0.25, 0.3) is 11.4 Å². The van der Waals surface area contributed by atoms with Crippen LogP contribution in [0.3, 0.4) is 0 Å². The van der Waals surface area contributed by atoms with E-state index in [0.29, 0.717) is 11.7 Å². The molecule has 0 spiro atoms. The number of hydrogen-bond acceptors (Lipinski definition) is 4. The van der Waals surface area contributed by atoms with Crippen molar-refractivity contribution in [2.45, 2.75) is 13.0 Å². The zero-order valence-corrected chi connectivity index (χ0v) is 13.0. The molecule has 0 aliphatic rings. The molecule has 0 saturated carbocycles. The van der Waals surface area contributed by atoms with Crippen LogP contribution < -0.4 is 5.73 Å². The maximum absolute atomic E-state index is 6.16. The van der Waals surface area contributed by atoms with Gasteiger partial charge in [0.25, 0.3) is 0 Å². The third-order valence-corrected chi connectivity index (χ3v) is 4.15. The van der Waals surface area contributed by atoms with Crippen LogP contribution >= 0.6 is 15.9 Å². The van der Waals surface area contributed by atoms with Crippen molar-refractivity contribution in [1.82, 2.24) is 10.1 Å². The van der Waals surface area contributed by atoms with E-state index >= 15 is 0 Å². The summed E-state index contributed by atoms with van der Waals surface area (Å²) in [6.07, 6.45) is 0. The van der Waals surface area contributed by atoms with Gasteiger partial charge in [-0.05, 0) is 24.1 Å². The van der Waals surface area contributed by atoms with Crippen LogP contribution in [0.1, 0.15) is 23.1 Å². The highest BCUT2D eigenvalue weighted by Crippen LogP contribution is 2.25. The maximum Gasteiger partial charge on any atom is 0.248 e. The molecule has 2 N–H and O–H groups in total. The van der Waals surface area contributed by atoms with Crippen molar-refractivity contribution < 1.29 is 4.52 Å². The highest BCUT2D eigenvalue weighted by Gasteiger charge is 2.17. The molecule has 0 amide bonds. The number of aromatic nitrogens is 2. The zero-order chi connectivity index (χ0) is 14.8. The molecule has 1 heterocycles. The SMILES string of the molecule is Cc1ccc(-c2noc(C(N)c3ccccc3)n2)cc1Br. The second-order valence-electron chi connectivity index (χ2n) is 4.81. The topological polar surface area (TPSA) is 64.9 Å². The van der Waals surface area contributed by atoms with Crippen LogP contribution in [0.2, 0.25) is 0 Å². The lowest BCUT2D eigenvalue weighted by Crippen LogP contribution is -2.11. The van der Waals surface area contributed by atoms with Gasteiger partial charge in [-0.25, -0.2) is 0 Å². The van der Waals surface area contributed by atoms with Crippen LogP contribution in [-0.4, -0.2) is 10.1 Å². The van der Waals surface area contributed by atoms with E-state index in [0.717, 1.165) is 21.2 Å². The van der Waals surface area contributed by atoms with Crippen LogP contribution in [0.4, 0.5) is 0 Å². The van der Waals surface area contributed by atoms with E-state index in [1.807, 2.05) is 55.5 Å². The number of nitrogens with two attached hydrogens (primary N) is 1. The molecule has 106 valence electrons. The predicted octanol–water partition coefficient (Wildman–Crippen LogP) is 3.86. The van der Waals surface area contributed by atoms with Gasteiger partial charge in [-0.3, -0.25) is 0 Å². The van der Waals surface area contributed by atoms with Crippen molar-refractivity contribution >= 4 is 15.9 Å². The van der Waals surface area contributed by atoms with Gasteiger partial charge in [0.1, 0.15) is 6.04 Å². The van der Waals surface area contributed by atoms with Gasteiger partial charge in [0.2, 0.25) is 11.7 Å². The summed E-state index contributed by atoms with van der Waals surface area (Å²) in [5.41, 5.74) is 9.15. The first kappa shape index (κ1) is 14.0. The Bertz CT molecular complexity index is 755. The van der Waals surface area contributed by atoms with Crippen molar-refractivity contribution in [1.29, 1.82) is 0 Å². The van der Waals surface area contributed by atoms with Gasteiger partial charge in [0, 0.05) is 10.0 Å². The highest BCUT2D eigenvalue weighted by molar-refractivity contribution is 9.10. The molecule has 0 radical (unpaired) electrons. The minimum Gasteiger partial charge on any atom is -0.337 e. The van der Waals surface area contributed by atoms with E-state index in [-0.39, 0.29) is 0 Å². The van der Waals surface area contributed by atoms with Gasteiger partial charge in [0.05, 0.1) is 0 Å². The Morgan fingerprint density at radius 2 is 1.90 bits per heavy atom. The summed E-state index contributed by atoms with van der Waals surface area (Å²) in [6.45, 7) is 2.03. The second-order valence-corrected chi connectivity index (χ2v) is 5.66.